The number of rotatable bonds is 6. The number of carbonyl (C=O) groups excluding carboxylic acids is 3. The standard InChI is InChI=1S/C31H29NO6/c1-4-13-37-31(36)22-9-6-10-24(17-22)32-27(20-8-5-7-18(2)14-20)26(29(34)30(32)35)28(33)21-11-12-25-23(16-21)15-19(3)38-25/h5-12,14,16-17,19,27,33H,4,13,15H2,1-3H3/b28-26-. The monoisotopic (exact) mass is 511 g/mol. The maximum Gasteiger partial charge on any atom is 0.338 e. The number of Topliss-reactive ketones (excluding diaryl/α,β-unsaturated/α-hetero) is 1. The van der Waals surface area contributed by atoms with Gasteiger partial charge in [-0.2, -0.15) is 0 Å². The summed E-state index contributed by atoms with van der Waals surface area (Å²) in [6.07, 6.45) is 1.39. The van der Waals surface area contributed by atoms with Gasteiger partial charge in [-0.05, 0) is 67.8 Å². The summed E-state index contributed by atoms with van der Waals surface area (Å²) in [4.78, 5) is 40.9. The fourth-order valence-corrected chi connectivity index (χ4v) is 5.04. The SMILES string of the molecule is CCCOC(=O)c1cccc(N2C(=O)C(=O)/C(=C(\O)c3ccc4c(c3)CC(C)O4)C2c2cccc(C)c2)c1. The lowest BCUT2D eigenvalue weighted by Crippen LogP contribution is -2.29. The molecule has 1 saturated heterocycles. The van der Waals surface area contributed by atoms with Crippen LogP contribution in [-0.2, 0) is 20.7 Å². The molecule has 3 aromatic rings. The highest BCUT2D eigenvalue weighted by atomic mass is 16.5. The second kappa shape index (κ2) is 10.2. The van der Waals surface area contributed by atoms with Crippen LogP contribution in [0.1, 0.15) is 58.9 Å². The molecule has 1 amide bonds. The van der Waals surface area contributed by atoms with Crippen LogP contribution >= 0.6 is 0 Å². The average Bonchev–Trinajstić information content (AvgIpc) is 3.42. The number of ether oxygens (including phenoxy) is 2. The van der Waals surface area contributed by atoms with Crippen molar-refractivity contribution < 1.29 is 29.0 Å². The first-order valence-corrected chi connectivity index (χ1v) is 12.7. The number of aryl methyl sites for hydroxylation is 1. The molecule has 7 nitrogen and oxygen atoms in total. The third-order valence-corrected chi connectivity index (χ3v) is 6.77. The molecule has 0 aliphatic carbocycles. The lowest BCUT2D eigenvalue weighted by atomic mass is 9.93. The second-order valence-electron chi connectivity index (χ2n) is 9.72. The Labute approximate surface area is 221 Å². The van der Waals surface area contributed by atoms with Crippen molar-refractivity contribution in [3.63, 3.8) is 0 Å². The highest BCUT2D eigenvalue weighted by molar-refractivity contribution is 6.51. The number of esters is 1. The van der Waals surface area contributed by atoms with E-state index in [1.807, 2.05) is 45.0 Å². The molecule has 2 aliphatic rings. The minimum Gasteiger partial charge on any atom is -0.507 e. The van der Waals surface area contributed by atoms with E-state index in [4.69, 9.17) is 9.47 Å². The molecule has 0 spiro atoms. The third-order valence-electron chi connectivity index (χ3n) is 6.77. The molecular weight excluding hydrogens is 482 g/mol. The minimum absolute atomic E-state index is 0.00789. The van der Waals surface area contributed by atoms with E-state index < -0.39 is 23.7 Å². The van der Waals surface area contributed by atoms with E-state index in [0.29, 0.717) is 29.7 Å². The van der Waals surface area contributed by atoms with Crippen LogP contribution in [0.3, 0.4) is 0 Å². The van der Waals surface area contributed by atoms with Gasteiger partial charge >= 0.3 is 5.97 Å². The molecule has 3 aromatic carbocycles. The zero-order valence-electron chi connectivity index (χ0n) is 21.6. The highest BCUT2D eigenvalue weighted by Gasteiger charge is 2.47. The van der Waals surface area contributed by atoms with E-state index >= 15 is 0 Å². The Bertz CT molecular complexity index is 1470. The summed E-state index contributed by atoms with van der Waals surface area (Å²) in [7, 11) is 0. The van der Waals surface area contributed by atoms with Gasteiger partial charge in [0.1, 0.15) is 17.6 Å². The van der Waals surface area contributed by atoms with Crippen molar-refractivity contribution in [3.05, 3.63) is 100 Å². The largest absolute Gasteiger partial charge is 0.507 e. The van der Waals surface area contributed by atoms with Crippen LogP contribution in [0.4, 0.5) is 5.69 Å². The van der Waals surface area contributed by atoms with Gasteiger partial charge in [0.2, 0.25) is 0 Å². The summed E-state index contributed by atoms with van der Waals surface area (Å²) in [5.74, 6) is -1.59. The number of amides is 1. The Morgan fingerprint density at radius 3 is 2.61 bits per heavy atom. The fraction of sp³-hybridized carbons (Fsp3) is 0.258. The molecule has 0 saturated carbocycles. The number of aliphatic hydroxyl groups excluding tert-OH is 1. The van der Waals surface area contributed by atoms with Gasteiger partial charge in [0, 0.05) is 17.7 Å². The number of hydrogen-bond donors (Lipinski definition) is 1. The Hall–Kier alpha value is -4.39. The number of carbonyl (C=O) groups is 3. The first kappa shape index (κ1) is 25.3. The molecule has 2 aliphatic heterocycles. The summed E-state index contributed by atoms with van der Waals surface area (Å²) in [6.45, 7) is 6.07. The maximum absolute atomic E-state index is 13.5. The second-order valence-corrected chi connectivity index (χ2v) is 9.72. The van der Waals surface area contributed by atoms with Gasteiger partial charge < -0.3 is 14.6 Å². The van der Waals surface area contributed by atoms with Gasteiger partial charge in [0.05, 0.1) is 23.8 Å². The summed E-state index contributed by atoms with van der Waals surface area (Å²) >= 11 is 0. The normalized spacial score (nSPS) is 19.8. The van der Waals surface area contributed by atoms with E-state index in [1.54, 1.807) is 42.5 Å². The lowest BCUT2D eigenvalue weighted by Gasteiger charge is -2.26. The number of anilines is 1. The van der Waals surface area contributed by atoms with Gasteiger partial charge in [-0.3, -0.25) is 14.5 Å². The molecule has 1 N–H and O–H groups in total. The molecule has 0 aromatic heterocycles. The number of aliphatic hydroxyl groups is 1. The molecule has 194 valence electrons. The molecule has 1 fully saturated rings. The molecule has 2 unspecified atom stereocenters. The first-order chi connectivity index (χ1) is 18.3. The number of hydrogen-bond acceptors (Lipinski definition) is 6. The summed E-state index contributed by atoms with van der Waals surface area (Å²) in [5.41, 5.74) is 3.60. The van der Waals surface area contributed by atoms with Crippen LogP contribution in [0, 0.1) is 6.92 Å². The topological polar surface area (TPSA) is 93.1 Å². The predicted octanol–water partition coefficient (Wildman–Crippen LogP) is 5.51. The first-order valence-electron chi connectivity index (χ1n) is 12.7. The molecule has 5 rings (SSSR count). The van der Waals surface area contributed by atoms with Crippen LogP contribution in [0.25, 0.3) is 5.76 Å². The fourth-order valence-electron chi connectivity index (χ4n) is 5.04. The van der Waals surface area contributed by atoms with Crippen molar-refractivity contribution in [2.24, 2.45) is 0 Å². The van der Waals surface area contributed by atoms with E-state index in [0.717, 1.165) is 16.9 Å². The summed E-state index contributed by atoms with van der Waals surface area (Å²) in [6, 6.07) is 18.3. The van der Waals surface area contributed by atoms with Crippen LogP contribution in [0.5, 0.6) is 5.75 Å². The minimum atomic E-state index is -0.889. The summed E-state index contributed by atoms with van der Waals surface area (Å²) < 4.78 is 11.0. The number of fused-ring (bicyclic) bond motifs is 1. The van der Waals surface area contributed by atoms with Gasteiger partial charge in [-0.15, -0.1) is 0 Å². The number of benzene rings is 3. The molecule has 2 heterocycles. The molecular formula is C31H29NO6. The van der Waals surface area contributed by atoms with Gasteiger partial charge in [-0.25, -0.2) is 4.79 Å². The molecule has 2 atom stereocenters. The van der Waals surface area contributed by atoms with Crippen molar-refractivity contribution in [2.75, 3.05) is 11.5 Å². The average molecular weight is 512 g/mol. The van der Waals surface area contributed by atoms with Gasteiger partial charge in [0.25, 0.3) is 11.7 Å². The molecule has 7 heteroatoms. The zero-order chi connectivity index (χ0) is 27.0. The molecule has 0 radical (unpaired) electrons. The van der Waals surface area contributed by atoms with E-state index in [1.165, 1.54) is 4.90 Å². The predicted molar refractivity (Wildman–Crippen MR) is 143 cm³/mol. The number of nitrogens with zero attached hydrogens (tertiary/aromatic N) is 1. The van der Waals surface area contributed by atoms with Crippen LogP contribution in [0.15, 0.2) is 72.3 Å². The molecule has 0 bridgehead atoms. The van der Waals surface area contributed by atoms with Crippen LogP contribution in [-0.4, -0.2) is 35.5 Å². The van der Waals surface area contributed by atoms with Crippen molar-refractivity contribution in [3.8, 4) is 5.75 Å². The Balaban J connectivity index is 1.64. The molecule has 38 heavy (non-hydrogen) atoms. The van der Waals surface area contributed by atoms with Crippen LogP contribution < -0.4 is 9.64 Å². The van der Waals surface area contributed by atoms with Crippen molar-refractivity contribution >= 4 is 29.1 Å². The van der Waals surface area contributed by atoms with Crippen molar-refractivity contribution in [2.45, 2.75) is 45.8 Å². The van der Waals surface area contributed by atoms with Crippen molar-refractivity contribution in [1.29, 1.82) is 0 Å². The van der Waals surface area contributed by atoms with E-state index in [9.17, 15) is 19.5 Å². The van der Waals surface area contributed by atoms with Crippen LogP contribution in [0.2, 0.25) is 0 Å². The Kier molecular flexibility index (Phi) is 6.76. The Morgan fingerprint density at radius 2 is 1.84 bits per heavy atom. The lowest BCUT2D eigenvalue weighted by molar-refractivity contribution is -0.132. The Morgan fingerprint density at radius 1 is 1.05 bits per heavy atom. The van der Waals surface area contributed by atoms with Gasteiger partial charge in [0.15, 0.2) is 0 Å². The highest BCUT2D eigenvalue weighted by Crippen LogP contribution is 2.43. The maximum atomic E-state index is 13.5. The zero-order valence-corrected chi connectivity index (χ0v) is 21.6. The van der Waals surface area contributed by atoms with E-state index in [-0.39, 0.29) is 29.6 Å². The third kappa shape index (κ3) is 4.56. The van der Waals surface area contributed by atoms with Crippen molar-refractivity contribution in [1.82, 2.24) is 0 Å². The van der Waals surface area contributed by atoms with Gasteiger partial charge in [-0.1, -0.05) is 42.8 Å². The summed E-state index contributed by atoms with van der Waals surface area (Å²) in [5, 5.41) is 11.5. The van der Waals surface area contributed by atoms with E-state index in [2.05, 4.69) is 0 Å². The quantitative estimate of drug-likeness (QED) is 0.203. The smallest absolute Gasteiger partial charge is 0.338 e. The number of ketones is 1.